The van der Waals surface area contributed by atoms with Gasteiger partial charge in [0.15, 0.2) is 0 Å². The van der Waals surface area contributed by atoms with Crippen LogP contribution >= 0.6 is 0 Å². The van der Waals surface area contributed by atoms with Gasteiger partial charge in [0.05, 0.1) is 7.11 Å². The molecule has 2 aromatic rings. The zero-order chi connectivity index (χ0) is 13.6. The number of nitrogens with two attached hydrogens (primary N) is 1. The van der Waals surface area contributed by atoms with Gasteiger partial charge in [-0.25, -0.2) is 0 Å². The van der Waals surface area contributed by atoms with Crippen molar-refractivity contribution in [3.8, 4) is 16.9 Å². The van der Waals surface area contributed by atoms with Crippen LogP contribution in [0.25, 0.3) is 11.1 Å². The summed E-state index contributed by atoms with van der Waals surface area (Å²) in [6, 6.07) is 10.7. The predicted molar refractivity (Wildman–Crippen MR) is 78.8 cm³/mol. The van der Waals surface area contributed by atoms with Gasteiger partial charge < -0.3 is 10.5 Å². The van der Waals surface area contributed by atoms with Crippen LogP contribution in [0.15, 0.2) is 30.3 Å². The maximum absolute atomic E-state index is 6.00. The highest BCUT2D eigenvalue weighted by molar-refractivity contribution is 5.82. The van der Waals surface area contributed by atoms with E-state index in [1.807, 2.05) is 6.07 Å². The summed E-state index contributed by atoms with van der Waals surface area (Å²) in [5.41, 5.74) is 14.0. The number of rotatable bonds is 2. The first kappa shape index (κ1) is 12.2. The van der Waals surface area contributed by atoms with Gasteiger partial charge in [0.1, 0.15) is 5.75 Å². The minimum Gasteiger partial charge on any atom is -0.497 e. The van der Waals surface area contributed by atoms with E-state index in [9.17, 15) is 0 Å². The lowest BCUT2D eigenvalue weighted by atomic mass is 9.94. The number of ether oxygens (including phenoxy) is 1. The van der Waals surface area contributed by atoms with Gasteiger partial charge >= 0.3 is 0 Å². The van der Waals surface area contributed by atoms with Gasteiger partial charge in [0.25, 0.3) is 0 Å². The Balaban J connectivity index is 2.30. The Kier molecular flexibility index (Phi) is 2.83. The number of fused-ring (bicyclic) bond motifs is 3. The van der Waals surface area contributed by atoms with Gasteiger partial charge in [-0.05, 0) is 59.4 Å². The molecule has 19 heavy (non-hydrogen) atoms. The summed E-state index contributed by atoms with van der Waals surface area (Å²) >= 11 is 0. The molecule has 1 aliphatic carbocycles. The molecule has 2 heteroatoms. The largest absolute Gasteiger partial charge is 0.497 e. The summed E-state index contributed by atoms with van der Waals surface area (Å²) in [6.07, 6.45) is 0. The molecule has 3 rings (SSSR count). The molecule has 0 fully saturated rings. The molecule has 1 unspecified atom stereocenters. The van der Waals surface area contributed by atoms with Crippen molar-refractivity contribution >= 4 is 0 Å². The molecular formula is C17H19NO. The number of hydrogen-bond donors (Lipinski definition) is 1. The zero-order valence-electron chi connectivity index (χ0n) is 11.7. The third-order valence-electron chi connectivity index (χ3n) is 4.28. The Morgan fingerprint density at radius 3 is 2.58 bits per heavy atom. The summed E-state index contributed by atoms with van der Waals surface area (Å²) < 4.78 is 5.34. The lowest BCUT2D eigenvalue weighted by Gasteiger charge is -2.12. The van der Waals surface area contributed by atoms with Crippen LogP contribution < -0.4 is 10.5 Å². The molecule has 98 valence electrons. The van der Waals surface area contributed by atoms with E-state index in [1.54, 1.807) is 7.11 Å². The molecule has 0 aliphatic heterocycles. The number of methoxy groups -OCH3 is 1. The van der Waals surface area contributed by atoms with Crippen LogP contribution in [-0.4, -0.2) is 13.7 Å². The molecular weight excluding hydrogens is 234 g/mol. The van der Waals surface area contributed by atoms with Crippen LogP contribution in [0.3, 0.4) is 0 Å². The third-order valence-corrected chi connectivity index (χ3v) is 4.28. The molecule has 2 nitrogen and oxygen atoms in total. The number of benzene rings is 2. The summed E-state index contributed by atoms with van der Waals surface area (Å²) in [6.45, 7) is 4.99. The minimum atomic E-state index is 0.291. The molecule has 0 aromatic heterocycles. The van der Waals surface area contributed by atoms with Gasteiger partial charge in [-0.2, -0.15) is 0 Å². The monoisotopic (exact) mass is 253 g/mol. The Morgan fingerprint density at radius 1 is 1.11 bits per heavy atom. The molecule has 0 bridgehead atoms. The van der Waals surface area contributed by atoms with Crippen molar-refractivity contribution in [3.63, 3.8) is 0 Å². The SMILES string of the molecule is COc1ccc2c(c1)C(CN)c1ccc(C)c(C)c1-2. The molecule has 0 heterocycles. The topological polar surface area (TPSA) is 35.2 Å². The second-order valence-corrected chi connectivity index (χ2v) is 5.21. The summed E-state index contributed by atoms with van der Waals surface area (Å²) in [7, 11) is 1.71. The Labute approximate surface area is 114 Å². The van der Waals surface area contributed by atoms with Crippen molar-refractivity contribution in [2.24, 2.45) is 5.73 Å². The Morgan fingerprint density at radius 2 is 1.89 bits per heavy atom. The van der Waals surface area contributed by atoms with Crippen molar-refractivity contribution in [3.05, 3.63) is 52.6 Å². The van der Waals surface area contributed by atoms with E-state index in [-0.39, 0.29) is 0 Å². The van der Waals surface area contributed by atoms with E-state index < -0.39 is 0 Å². The van der Waals surface area contributed by atoms with Crippen LogP contribution in [-0.2, 0) is 0 Å². The normalized spacial score (nSPS) is 16.1. The zero-order valence-corrected chi connectivity index (χ0v) is 11.7. The fourth-order valence-corrected chi connectivity index (χ4v) is 3.09. The first-order valence-corrected chi connectivity index (χ1v) is 6.65. The van der Waals surface area contributed by atoms with Crippen LogP contribution in [0.2, 0.25) is 0 Å². The Hall–Kier alpha value is -1.80. The molecule has 0 spiro atoms. The smallest absolute Gasteiger partial charge is 0.119 e. The highest BCUT2D eigenvalue weighted by Crippen LogP contribution is 2.47. The van der Waals surface area contributed by atoms with E-state index in [0.717, 1.165) is 5.75 Å². The molecule has 0 saturated carbocycles. The molecule has 0 amide bonds. The fraction of sp³-hybridized carbons (Fsp3) is 0.294. The average molecular weight is 253 g/mol. The lowest BCUT2D eigenvalue weighted by molar-refractivity contribution is 0.414. The summed E-state index contributed by atoms with van der Waals surface area (Å²) in [4.78, 5) is 0. The van der Waals surface area contributed by atoms with E-state index >= 15 is 0 Å². The summed E-state index contributed by atoms with van der Waals surface area (Å²) in [5, 5.41) is 0. The Bertz CT molecular complexity index is 646. The van der Waals surface area contributed by atoms with Crippen molar-refractivity contribution in [2.75, 3.05) is 13.7 Å². The van der Waals surface area contributed by atoms with Gasteiger partial charge in [-0.1, -0.05) is 18.2 Å². The standard InChI is InChI=1S/C17H19NO/c1-10-4-6-14-16(9-18)15-8-12(19-3)5-7-13(15)17(14)11(10)2/h4-8,16H,9,18H2,1-3H3. The molecule has 0 radical (unpaired) electrons. The highest BCUT2D eigenvalue weighted by Gasteiger charge is 2.29. The van der Waals surface area contributed by atoms with Crippen LogP contribution in [0, 0.1) is 13.8 Å². The second-order valence-electron chi connectivity index (χ2n) is 5.21. The van der Waals surface area contributed by atoms with Crippen molar-refractivity contribution in [1.29, 1.82) is 0 Å². The lowest BCUT2D eigenvalue weighted by Crippen LogP contribution is -2.11. The maximum Gasteiger partial charge on any atom is 0.119 e. The molecule has 1 aliphatic rings. The van der Waals surface area contributed by atoms with E-state index in [1.165, 1.54) is 33.4 Å². The number of aryl methyl sites for hydroxylation is 1. The summed E-state index contributed by atoms with van der Waals surface area (Å²) in [5.74, 6) is 1.19. The first-order chi connectivity index (χ1) is 9.17. The predicted octanol–water partition coefficient (Wildman–Crippen LogP) is 3.38. The second kappa shape index (κ2) is 4.39. The molecule has 0 saturated heterocycles. The van der Waals surface area contributed by atoms with Gasteiger partial charge in [0.2, 0.25) is 0 Å². The van der Waals surface area contributed by atoms with Crippen LogP contribution in [0.5, 0.6) is 5.75 Å². The minimum absolute atomic E-state index is 0.291. The fourth-order valence-electron chi connectivity index (χ4n) is 3.09. The number of hydrogen-bond acceptors (Lipinski definition) is 2. The van der Waals surface area contributed by atoms with Crippen molar-refractivity contribution < 1.29 is 4.74 Å². The maximum atomic E-state index is 6.00. The van der Waals surface area contributed by atoms with Gasteiger partial charge in [-0.3, -0.25) is 0 Å². The van der Waals surface area contributed by atoms with E-state index in [2.05, 4.69) is 38.1 Å². The molecule has 1 atom stereocenters. The quantitative estimate of drug-likeness (QED) is 0.890. The van der Waals surface area contributed by atoms with E-state index in [0.29, 0.717) is 12.5 Å². The van der Waals surface area contributed by atoms with Crippen molar-refractivity contribution in [2.45, 2.75) is 19.8 Å². The van der Waals surface area contributed by atoms with Crippen LogP contribution in [0.4, 0.5) is 0 Å². The highest BCUT2D eigenvalue weighted by atomic mass is 16.5. The van der Waals surface area contributed by atoms with Crippen molar-refractivity contribution in [1.82, 2.24) is 0 Å². The molecule has 2 N–H and O–H groups in total. The van der Waals surface area contributed by atoms with E-state index in [4.69, 9.17) is 10.5 Å². The first-order valence-electron chi connectivity index (χ1n) is 6.65. The third kappa shape index (κ3) is 1.67. The van der Waals surface area contributed by atoms with Crippen LogP contribution in [0.1, 0.15) is 28.2 Å². The van der Waals surface area contributed by atoms with Gasteiger partial charge in [-0.15, -0.1) is 0 Å². The average Bonchev–Trinajstić information content (AvgIpc) is 2.75. The van der Waals surface area contributed by atoms with Gasteiger partial charge in [0, 0.05) is 12.5 Å². The molecule has 2 aromatic carbocycles.